The van der Waals surface area contributed by atoms with Gasteiger partial charge in [0.2, 0.25) is 5.91 Å². The predicted molar refractivity (Wildman–Crippen MR) is 81.9 cm³/mol. The van der Waals surface area contributed by atoms with Crippen molar-refractivity contribution in [2.75, 3.05) is 11.9 Å². The van der Waals surface area contributed by atoms with E-state index in [2.05, 4.69) is 5.32 Å². The molecule has 1 aromatic carbocycles. The molecule has 3 N–H and O–H groups in total. The molecule has 106 valence electrons. The van der Waals surface area contributed by atoms with Crippen LogP contribution in [0.5, 0.6) is 0 Å². The highest BCUT2D eigenvalue weighted by atomic mass is 16.2. The van der Waals surface area contributed by atoms with Crippen LogP contribution in [-0.4, -0.2) is 17.0 Å². The van der Waals surface area contributed by atoms with Crippen LogP contribution in [0.3, 0.4) is 0 Å². The largest absolute Gasteiger partial charge is 0.329 e. The number of hydrogen-bond acceptors (Lipinski definition) is 2. The lowest BCUT2D eigenvalue weighted by Crippen LogP contribution is -2.39. The lowest BCUT2D eigenvalue weighted by Gasteiger charge is -2.25. The molecule has 0 bridgehead atoms. The minimum atomic E-state index is -0.524. The normalized spacial score (nSPS) is 13.8. The van der Waals surface area contributed by atoms with Gasteiger partial charge in [0.15, 0.2) is 0 Å². The minimum Gasteiger partial charge on any atom is -0.329 e. The number of amides is 1. The molecule has 1 aromatic heterocycles. The quantitative estimate of drug-likeness (QED) is 0.878. The second-order valence-corrected chi connectivity index (χ2v) is 5.21. The predicted octanol–water partition coefficient (Wildman–Crippen LogP) is 2.79. The molecule has 4 heteroatoms. The second kappa shape index (κ2) is 5.92. The summed E-state index contributed by atoms with van der Waals surface area (Å²) < 4.78 is 2.00. The summed E-state index contributed by atoms with van der Waals surface area (Å²) >= 11 is 0. The van der Waals surface area contributed by atoms with Gasteiger partial charge in [-0.05, 0) is 43.7 Å². The van der Waals surface area contributed by atoms with E-state index in [0.717, 1.165) is 11.4 Å². The Kier molecular flexibility index (Phi) is 4.25. The zero-order chi connectivity index (χ0) is 14.6. The van der Waals surface area contributed by atoms with Gasteiger partial charge in [-0.1, -0.05) is 13.0 Å². The fraction of sp³-hybridized carbons (Fsp3) is 0.312. The van der Waals surface area contributed by atoms with E-state index in [-0.39, 0.29) is 5.91 Å². The molecule has 0 saturated heterocycles. The number of nitrogens with zero attached hydrogens (tertiary/aromatic N) is 1. The van der Waals surface area contributed by atoms with Crippen molar-refractivity contribution in [3.05, 3.63) is 48.8 Å². The highest BCUT2D eigenvalue weighted by Gasteiger charge is 2.29. The summed E-state index contributed by atoms with van der Waals surface area (Å²) in [5.41, 5.74) is 6.99. The maximum absolute atomic E-state index is 12.3. The average molecular weight is 271 g/mol. The number of carbonyl (C=O) groups is 1. The molecule has 1 atom stereocenters. The van der Waals surface area contributed by atoms with Gasteiger partial charge in [-0.25, -0.2) is 0 Å². The summed E-state index contributed by atoms with van der Waals surface area (Å²) in [6.07, 6.45) is 4.65. The van der Waals surface area contributed by atoms with Crippen LogP contribution in [0.2, 0.25) is 0 Å². The first-order valence-corrected chi connectivity index (χ1v) is 6.84. The van der Waals surface area contributed by atoms with Crippen LogP contribution < -0.4 is 11.1 Å². The SMILES string of the molecule is CCC(C)(CN)C(=O)Nc1cccc(-n2cccc2)c1. The van der Waals surface area contributed by atoms with Gasteiger partial charge in [0, 0.05) is 30.3 Å². The molecule has 2 aromatic rings. The highest BCUT2D eigenvalue weighted by molar-refractivity contribution is 5.95. The van der Waals surface area contributed by atoms with Gasteiger partial charge < -0.3 is 15.6 Å². The Balaban J connectivity index is 2.19. The molecule has 0 aliphatic heterocycles. The minimum absolute atomic E-state index is 0.0350. The summed E-state index contributed by atoms with van der Waals surface area (Å²) in [5, 5.41) is 2.95. The number of hydrogen-bond donors (Lipinski definition) is 2. The fourth-order valence-electron chi connectivity index (χ4n) is 1.93. The number of nitrogens with one attached hydrogen (secondary N) is 1. The van der Waals surface area contributed by atoms with Crippen molar-refractivity contribution in [2.45, 2.75) is 20.3 Å². The van der Waals surface area contributed by atoms with E-state index in [4.69, 9.17) is 5.73 Å². The van der Waals surface area contributed by atoms with Gasteiger partial charge in [0.1, 0.15) is 0 Å². The molecule has 0 aliphatic carbocycles. The Hall–Kier alpha value is -2.07. The van der Waals surface area contributed by atoms with Crippen LogP contribution in [0.15, 0.2) is 48.8 Å². The smallest absolute Gasteiger partial charge is 0.231 e. The van der Waals surface area contributed by atoms with Crippen molar-refractivity contribution in [1.29, 1.82) is 0 Å². The lowest BCUT2D eigenvalue weighted by molar-refractivity contribution is -0.124. The average Bonchev–Trinajstić information content (AvgIpc) is 3.01. The fourth-order valence-corrected chi connectivity index (χ4v) is 1.93. The highest BCUT2D eigenvalue weighted by Crippen LogP contribution is 2.23. The molecular formula is C16H21N3O. The van der Waals surface area contributed by atoms with Crippen molar-refractivity contribution in [1.82, 2.24) is 4.57 Å². The van der Waals surface area contributed by atoms with Gasteiger partial charge in [-0.15, -0.1) is 0 Å². The summed E-state index contributed by atoms with van der Waals surface area (Å²) in [5.74, 6) is -0.0350. The standard InChI is InChI=1S/C16H21N3O/c1-3-16(2,12-17)15(20)18-13-7-6-8-14(11-13)19-9-4-5-10-19/h4-11H,3,12,17H2,1-2H3,(H,18,20). The molecular weight excluding hydrogens is 250 g/mol. The third-order valence-corrected chi connectivity index (χ3v) is 3.79. The topological polar surface area (TPSA) is 60.1 Å². The number of nitrogens with two attached hydrogens (primary N) is 1. The molecule has 0 spiro atoms. The van der Waals surface area contributed by atoms with Crippen molar-refractivity contribution in [3.63, 3.8) is 0 Å². The molecule has 1 unspecified atom stereocenters. The first-order valence-electron chi connectivity index (χ1n) is 6.84. The van der Waals surface area contributed by atoms with Crippen LogP contribution >= 0.6 is 0 Å². The number of benzene rings is 1. The molecule has 0 fully saturated rings. The maximum atomic E-state index is 12.3. The number of rotatable bonds is 5. The summed E-state index contributed by atoms with van der Waals surface area (Å²) in [4.78, 5) is 12.3. The Morgan fingerprint density at radius 3 is 2.60 bits per heavy atom. The zero-order valence-electron chi connectivity index (χ0n) is 12.0. The molecule has 0 aliphatic rings. The van der Waals surface area contributed by atoms with E-state index in [9.17, 15) is 4.79 Å². The zero-order valence-corrected chi connectivity index (χ0v) is 12.0. The van der Waals surface area contributed by atoms with Gasteiger partial charge in [0.25, 0.3) is 0 Å². The van der Waals surface area contributed by atoms with Gasteiger partial charge >= 0.3 is 0 Å². The van der Waals surface area contributed by atoms with Crippen LogP contribution in [0.1, 0.15) is 20.3 Å². The van der Waals surface area contributed by atoms with Crippen molar-refractivity contribution < 1.29 is 4.79 Å². The van der Waals surface area contributed by atoms with Crippen molar-refractivity contribution in [2.24, 2.45) is 11.1 Å². The first kappa shape index (κ1) is 14.3. The molecule has 0 radical (unpaired) electrons. The van der Waals surface area contributed by atoms with Crippen LogP contribution in [0.25, 0.3) is 5.69 Å². The van der Waals surface area contributed by atoms with Crippen molar-refractivity contribution in [3.8, 4) is 5.69 Å². The Bertz CT molecular complexity index is 571. The summed E-state index contributed by atoms with van der Waals surface area (Å²) in [6.45, 7) is 4.20. The van der Waals surface area contributed by atoms with Crippen LogP contribution in [0, 0.1) is 5.41 Å². The number of anilines is 1. The number of aromatic nitrogens is 1. The first-order chi connectivity index (χ1) is 9.59. The van der Waals surface area contributed by atoms with Crippen LogP contribution in [-0.2, 0) is 4.79 Å². The van der Waals surface area contributed by atoms with E-state index < -0.39 is 5.41 Å². The Morgan fingerprint density at radius 1 is 1.30 bits per heavy atom. The molecule has 2 rings (SSSR count). The molecule has 1 heterocycles. The van der Waals surface area contributed by atoms with E-state index >= 15 is 0 Å². The molecule has 20 heavy (non-hydrogen) atoms. The third kappa shape index (κ3) is 2.91. The van der Waals surface area contributed by atoms with E-state index in [1.165, 1.54) is 0 Å². The van der Waals surface area contributed by atoms with Crippen molar-refractivity contribution >= 4 is 11.6 Å². The van der Waals surface area contributed by atoms with Crippen LogP contribution in [0.4, 0.5) is 5.69 Å². The summed E-state index contributed by atoms with van der Waals surface area (Å²) in [7, 11) is 0. The molecule has 1 amide bonds. The summed E-state index contributed by atoms with van der Waals surface area (Å²) in [6, 6.07) is 11.7. The lowest BCUT2D eigenvalue weighted by atomic mass is 9.86. The Labute approximate surface area is 119 Å². The Morgan fingerprint density at radius 2 is 2.00 bits per heavy atom. The van der Waals surface area contributed by atoms with E-state index in [1.807, 2.05) is 67.2 Å². The van der Waals surface area contributed by atoms with E-state index in [1.54, 1.807) is 0 Å². The second-order valence-electron chi connectivity index (χ2n) is 5.21. The van der Waals surface area contributed by atoms with Gasteiger partial charge in [-0.2, -0.15) is 0 Å². The molecule has 0 saturated carbocycles. The monoisotopic (exact) mass is 271 g/mol. The van der Waals surface area contributed by atoms with Gasteiger partial charge in [-0.3, -0.25) is 4.79 Å². The molecule has 4 nitrogen and oxygen atoms in total. The van der Waals surface area contributed by atoms with E-state index in [0.29, 0.717) is 13.0 Å². The maximum Gasteiger partial charge on any atom is 0.231 e. The number of carbonyl (C=O) groups excluding carboxylic acids is 1. The third-order valence-electron chi connectivity index (χ3n) is 3.79. The van der Waals surface area contributed by atoms with Gasteiger partial charge in [0.05, 0.1) is 5.41 Å².